The minimum Gasteiger partial charge on any atom is -0.462 e. The van der Waals surface area contributed by atoms with Gasteiger partial charge in [0, 0.05) is 5.69 Å². The van der Waals surface area contributed by atoms with Gasteiger partial charge in [0.05, 0.1) is 17.7 Å². The normalized spacial score (nSPS) is 10.8. The summed E-state index contributed by atoms with van der Waals surface area (Å²) in [6.45, 7) is 4.38. The highest BCUT2D eigenvalue weighted by Gasteiger charge is 2.12. The molecule has 0 aliphatic carbocycles. The summed E-state index contributed by atoms with van der Waals surface area (Å²) in [6.07, 6.45) is 4.29. The molecule has 3 aromatic rings. The zero-order chi connectivity index (χ0) is 26.6. The van der Waals surface area contributed by atoms with Crippen LogP contribution in [-0.2, 0) is 9.53 Å². The number of anilines is 1. The largest absolute Gasteiger partial charge is 0.462 e. The number of ether oxygens (including phenoxy) is 2. The lowest BCUT2D eigenvalue weighted by Crippen LogP contribution is -2.13. The van der Waals surface area contributed by atoms with Crippen molar-refractivity contribution in [2.24, 2.45) is 0 Å². The number of unbranched alkanes of at least 4 members (excludes halogenated alkanes) is 2. The van der Waals surface area contributed by atoms with E-state index in [1.54, 1.807) is 60.7 Å². The van der Waals surface area contributed by atoms with Gasteiger partial charge in [0.1, 0.15) is 17.4 Å². The van der Waals surface area contributed by atoms with E-state index in [4.69, 9.17) is 9.47 Å². The van der Waals surface area contributed by atoms with Gasteiger partial charge in [0.15, 0.2) is 0 Å². The molecule has 188 valence electrons. The number of benzene rings is 3. The first-order valence-corrected chi connectivity index (χ1v) is 12.0. The zero-order valence-electron chi connectivity index (χ0n) is 20.8. The first kappa shape index (κ1) is 26.9. The molecule has 37 heavy (non-hydrogen) atoms. The van der Waals surface area contributed by atoms with Gasteiger partial charge in [-0.2, -0.15) is 5.26 Å². The van der Waals surface area contributed by atoms with Crippen LogP contribution in [0.3, 0.4) is 0 Å². The van der Waals surface area contributed by atoms with Crippen molar-refractivity contribution in [3.63, 3.8) is 0 Å². The minimum absolute atomic E-state index is 0.108. The Bertz CT molecular complexity index is 1300. The Morgan fingerprint density at radius 3 is 2.11 bits per heavy atom. The van der Waals surface area contributed by atoms with E-state index in [2.05, 4.69) is 12.2 Å². The van der Waals surface area contributed by atoms with Crippen LogP contribution >= 0.6 is 0 Å². The topological polar surface area (TPSA) is 105 Å². The summed E-state index contributed by atoms with van der Waals surface area (Å²) >= 11 is 0. The number of hydrogen-bond donors (Lipinski definition) is 1. The van der Waals surface area contributed by atoms with Crippen LogP contribution in [0.4, 0.5) is 5.69 Å². The molecule has 0 aliphatic heterocycles. The summed E-state index contributed by atoms with van der Waals surface area (Å²) in [5.74, 6) is -1.14. The lowest BCUT2D eigenvalue weighted by molar-refractivity contribution is -0.112. The molecule has 0 bridgehead atoms. The molecule has 0 heterocycles. The fourth-order valence-corrected chi connectivity index (χ4v) is 3.29. The van der Waals surface area contributed by atoms with Crippen molar-refractivity contribution < 1.29 is 23.9 Å². The van der Waals surface area contributed by atoms with E-state index in [0.717, 1.165) is 24.8 Å². The van der Waals surface area contributed by atoms with Gasteiger partial charge >= 0.3 is 11.9 Å². The Morgan fingerprint density at radius 2 is 1.49 bits per heavy atom. The molecule has 0 aromatic heterocycles. The van der Waals surface area contributed by atoms with Gasteiger partial charge in [-0.05, 0) is 73.5 Å². The molecule has 0 spiro atoms. The number of carbonyl (C=O) groups excluding carboxylic acids is 3. The van der Waals surface area contributed by atoms with E-state index in [1.807, 2.05) is 25.1 Å². The quantitative estimate of drug-likeness (QED) is 0.119. The molecular formula is C30H28N2O5. The molecule has 0 radical (unpaired) electrons. The van der Waals surface area contributed by atoms with Gasteiger partial charge in [0.25, 0.3) is 5.91 Å². The number of aryl methyl sites for hydroxylation is 1. The maximum atomic E-state index is 12.6. The third-order valence-corrected chi connectivity index (χ3v) is 5.41. The molecule has 1 N–H and O–H groups in total. The van der Waals surface area contributed by atoms with Gasteiger partial charge in [-0.15, -0.1) is 0 Å². The monoisotopic (exact) mass is 496 g/mol. The van der Waals surface area contributed by atoms with Crippen molar-refractivity contribution in [3.8, 4) is 11.8 Å². The van der Waals surface area contributed by atoms with Crippen molar-refractivity contribution in [3.05, 3.63) is 101 Å². The smallest absolute Gasteiger partial charge is 0.343 e. The number of rotatable bonds is 10. The minimum atomic E-state index is -0.590. The second-order valence-electron chi connectivity index (χ2n) is 8.37. The molecule has 0 atom stereocenters. The molecule has 3 rings (SSSR count). The average Bonchev–Trinajstić information content (AvgIpc) is 2.91. The van der Waals surface area contributed by atoms with Gasteiger partial charge in [0.2, 0.25) is 0 Å². The number of nitriles is 1. The summed E-state index contributed by atoms with van der Waals surface area (Å²) in [5.41, 5.74) is 2.78. The fourth-order valence-electron chi connectivity index (χ4n) is 3.29. The first-order valence-electron chi connectivity index (χ1n) is 12.0. The number of hydrogen-bond acceptors (Lipinski definition) is 6. The SMILES string of the molecule is CCCCCOC(=O)c1ccc(NC(=O)C(C#N)=Cc2ccc(OC(=O)c3ccc(C)cc3)cc2)cc1. The number of carbonyl (C=O) groups is 3. The Hall–Kier alpha value is -4.70. The van der Waals surface area contributed by atoms with Crippen LogP contribution in [0.25, 0.3) is 6.08 Å². The Morgan fingerprint density at radius 1 is 0.865 bits per heavy atom. The first-order chi connectivity index (χ1) is 17.9. The van der Waals surface area contributed by atoms with E-state index in [0.29, 0.717) is 34.7 Å². The van der Waals surface area contributed by atoms with Crippen LogP contribution in [0.5, 0.6) is 5.75 Å². The van der Waals surface area contributed by atoms with Crippen LogP contribution in [0, 0.1) is 18.3 Å². The lowest BCUT2D eigenvalue weighted by Gasteiger charge is -2.07. The highest BCUT2D eigenvalue weighted by Crippen LogP contribution is 2.18. The highest BCUT2D eigenvalue weighted by molar-refractivity contribution is 6.09. The Labute approximate surface area is 216 Å². The lowest BCUT2D eigenvalue weighted by atomic mass is 10.1. The standard InChI is InChI=1S/C30H28N2O5/c1-3-4-5-18-36-29(34)23-12-14-26(15-13-23)32-28(33)25(20-31)19-22-8-16-27(17-9-22)37-30(35)24-10-6-21(2)7-11-24/h6-17,19H,3-5,18H2,1-2H3,(H,32,33). The number of nitrogens with zero attached hydrogens (tertiary/aromatic N) is 1. The molecular weight excluding hydrogens is 468 g/mol. The Balaban J connectivity index is 1.58. The molecule has 0 saturated heterocycles. The Kier molecular flexibility index (Phi) is 9.74. The van der Waals surface area contributed by atoms with E-state index < -0.39 is 17.8 Å². The predicted molar refractivity (Wildman–Crippen MR) is 141 cm³/mol. The number of amides is 1. The van der Waals surface area contributed by atoms with E-state index >= 15 is 0 Å². The molecule has 7 nitrogen and oxygen atoms in total. The third-order valence-electron chi connectivity index (χ3n) is 5.41. The summed E-state index contributed by atoms with van der Waals surface area (Å²) in [5, 5.41) is 12.1. The summed E-state index contributed by atoms with van der Waals surface area (Å²) in [6, 6.07) is 21.7. The van der Waals surface area contributed by atoms with E-state index in [-0.39, 0.29) is 5.57 Å². The molecule has 0 fully saturated rings. The zero-order valence-corrected chi connectivity index (χ0v) is 20.8. The van der Waals surface area contributed by atoms with Gasteiger partial charge in [-0.3, -0.25) is 4.79 Å². The van der Waals surface area contributed by atoms with Crippen molar-refractivity contribution in [2.45, 2.75) is 33.1 Å². The number of esters is 2. The van der Waals surface area contributed by atoms with Crippen LogP contribution in [0.2, 0.25) is 0 Å². The number of nitrogens with one attached hydrogen (secondary N) is 1. The van der Waals surface area contributed by atoms with Gasteiger partial charge in [-0.1, -0.05) is 49.6 Å². The maximum absolute atomic E-state index is 12.6. The van der Waals surface area contributed by atoms with Crippen LogP contribution in [-0.4, -0.2) is 24.5 Å². The van der Waals surface area contributed by atoms with Crippen LogP contribution in [0.15, 0.2) is 78.4 Å². The van der Waals surface area contributed by atoms with Crippen molar-refractivity contribution >= 4 is 29.6 Å². The van der Waals surface area contributed by atoms with Crippen molar-refractivity contribution in [1.29, 1.82) is 5.26 Å². The fraction of sp³-hybridized carbons (Fsp3) is 0.200. The summed E-state index contributed by atoms with van der Waals surface area (Å²) in [7, 11) is 0. The maximum Gasteiger partial charge on any atom is 0.343 e. The molecule has 7 heteroatoms. The summed E-state index contributed by atoms with van der Waals surface area (Å²) < 4.78 is 10.6. The highest BCUT2D eigenvalue weighted by atomic mass is 16.5. The van der Waals surface area contributed by atoms with E-state index in [9.17, 15) is 19.6 Å². The average molecular weight is 497 g/mol. The third kappa shape index (κ3) is 8.18. The summed E-state index contributed by atoms with van der Waals surface area (Å²) in [4.78, 5) is 36.9. The van der Waals surface area contributed by atoms with Crippen LogP contribution in [0.1, 0.15) is 58.0 Å². The molecule has 1 amide bonds. The molecule has 0 saturated carbocycles. The molecule has 0 aliphatic rings. The predicted octanol–water partition coefficient (Wildman–Crippen LogP) is 6.11. The second-order valence-corrected chi connectivity index (χ2v) is 8.37. The molecule has 0 unspecified atom stereocenters. The molecule has 3 aromatic carbocycles. The van der Waals surface area contributed by atoms with Crippen LogP contribution < -0.4 is 10.1 Å². The van der Waals surface area contributed by atoms with Gasteiger partial charge in [-0.25, -0.2) is 9.59 Å². The second kappa shape index (κ2) is 13.4. The van der Waals surface area contributed by atoms with Gasteiger partial charge < -0.3 is 14.8 Å². The van der Waals surface area contributed by atoms with Crippen molar-refractivity contribution in [2.75, 3.05) is 11.9 Å². The van der Waals surface area contributed by atoms with Crippen molar-refractivity contribution in [1.82, 2.24) is 0 Å². The van der Waals surface area contributed by atoms with E-state index in [1.165, 1.54) is 6.08 Å².